The number of halogens is 1. The monoisotopic (exact) mass is 268 g/mol. The summed E-state index contributed by atoms with van der Waals surface area (Å²) in [5, 5.41) is 5.29. The number of ketones is 1. The summed E-state index contributed by atoms with van der Waals surface area (Å²) < 4.78 is 1.96. The average molecular weight is 269 g/mol. The zero-order valence-corrected chi connectivity index (χ0v) is 12.0. The molecule has 1 aliphatic rings. The average Bonchev–Trinajstić information content (AvgIpc) is 2.69. The van der Waals surface area contributed by atoms with Crippen molar-refractivity contribution in [1.82, 2.24) is 9.78 Å². The SMILES string of the molecule is CCc1nn(CC)c(CC2CCCCC2=O)c1Cl. The zero-order chi connectivity index (χ0) is 13.1. The molecule has 3 nitrogen and oxygen atoms in total. The van der Waals surface area contributed by atoms with Gasteiger partial charge in [0.2, 0.25) is 0 Å². The van der Waals surface area contributed by atoms with Gasteiger partial charge in [-0.1, -0.05) is 24.9 Å². The summed E-state index contributed by atoms with van der Waals surface area (Å²) in [4.78, 5) is 11.9. The minimum Gasteiger partial charge on any atom is -0.299 e. The summed E-state index contributed by atoms with van der Waals surface area (Å²) in [7, 11) is 0. The van der Waals surface area contributed by atoms with Crippen LogP contribution in [0.5, 0.6) is 0 Å². The first-order valence-electron chi connectivity index (χ1n) is 6.94. The molecule has 1 saturated carbocycles. The van der Waals surface area contributed by atoms with E-state index in [0.29, 0.717) is 5.78 Å². The second kappa shape index (κ2) is 5.87. The van der Waals surface area contributed by atoms with E-state index in [2.05, 4.69) is 18.9 Å². The van der Waals surface area contributed by atoms with Crippen LogP contribution in [-0.4, -0.2) is 15.6 Å². The Kier molecular flexibility index (Phi) is 4.44. The van der Waals surface area contributed by atoms with Gasteiger partial charge in [0.25, 0.3) is 0 Å². The van der Waals surface area contributed by atoms with Gasteiger partial charge in [-0.15, -0.1) is 0 Å². The molecule has 0 saturated heterocycles. The van der Waals surface area contributed by atoms with Crippen LogP contribution in [0, 0.1) is 5.92 Å². The smallest absolute Gasteiger partial charge is 0.136 e. The van der Waals surface area contributed by atoms with Gasteiger partial charge in [0, 0.05) is 25.3 Å². The quantitative estimate of drug-likeness (QED) is 0.839. The van der Waals surface area contributed by atoms with Crippen LogP contribution in [0.25, 0.3) is 0 Å². The van der Waals surface area contributed by atoms with E-state index in [1.54, 1.807) is 0 Å². The van der Waals surface area contributed by atoms with E-state index in [1.165, 1.54) is 0 Å². The molecule has 1 aromatic rings. The molecular weight excluding hydrogens is 248 g/mol. The van der Waals surface area contributed by atoms with Crippen LogP contribution >= 0.6 is 11.6 Å². The van der Waals surface area contributed by atoms with Gasteiger partial charge in [0.15, 0.2) is 0 Å². The number of aryl methyl sites for hydroxylation is 2. The van der Waals surface area contributed by atoms with Crippen LogP contribution in [0.4, 0.5) is 0 Å². The fraction of sp³-hybridized carbons (Fsp3) is 0.714. The summed E-state index contributed by atoms with van der Waals surface area (Å²) in [6.07, 6.45) is 5.57. The third kappa shape index (κ3) is 2.61. The highest BCUT2D eigenvalue weighted by molar-refractivity contribution is 6.31. The van der Waals surface area contributed by atoms with Crippen LogP contribution in [0.1, 0.15) is 50.9 Å². The van der Waals surface area contributed by atoms with Crippen molar-refractivity contribution in [3.63, 3.8) is 0 Å². The lowest BCUT2D eigenvalue weighted by molar-refractivity contribution is -0.124. The van der Waals surface area contributed by atoms with E-state index in [-0.39, 0.29) is 5.92 Å². The minimum atomic E-state index is 0.156. The first-order chi connectivity index (χ1) is 8.67. The Morgan fingerprint density at radius 2 is 2.17 bits per heavy atom. The van der Waals surface area contributed by atoms with E-state index in [4.69, 9.17) is 11.6 Å². The highest BCUT2D eigenvalue weighted by atomic mass is 35.5. The first kappa shape index (κ1) is 13.6. The molecule has 1 aromatic heterocycles. The molecule has 1 aliphatic carbocycles. The topological polar surface area (TPSA) is 34.9 Å². The summed E-state index contributed by atoms with van der Waals surface area (Å²) in [5.41, 5.74) is 2.01. The Bertz CT molecular complexity index is 439. The molecule has 4 heteroatoms. The van der Waals surface area contributed by atoms with Crippen LogP contribution in [0.15, 0.2) is 0 Å². The lowest BCUT2D eigenvalue weighted by Gasteiger charge is -2.20. The second-order valence-corrected chi connectivity index (χ2v) is 5.37. The van der Waals surface area contributed by atoms with Gasteiger partial charge >= 0.3 is 0 Å². The molecule has 18 heavy (non-hydrogen) atoms. The Morgan fingerprint density at radius 1 is 1.39 bits per heavy atom. The van der Waals surface area contributed by atoms with Gasteiger partial charge in [-0.05, 0) is 26.2 Å². The maximum atomic E-state index is 11.9. The molecule has 0 bridgehead atoms. The molecule has 2 rings (SSSR count). The van der Waals surface area contributed by atoms with Crippen molar-refractivity contribution >= 4 is 17.4 Å². The standard InChI is InChI=1S/C14H21ClN2O/c1-3-11-14(15)12(17(4-2)16-11)9-10-7-5-6-8-13(10)18/h10H,3-9H2,1-2H3. The molecule has 0 amide bonds. The van der Waals surface area contributed by atoms with Crippen molar-refractivity contribution in [2.45, 2.75) is 58.9 Å². The Hall–Kier alpha value is -0.830. The molecule has 1 atom stereocenters. The van der Waals surface area contributed by atoms with Gasteiger partial charge in [0.05, 0.1) is 16.4 Å². The number of carbonyl (C=O) groups excluding carboxylic acids is 1. The van der Waals surface area contributed by atoms with Crippen molar-refractivity contribution in [3.05, 3.63) is 16.4 Å². The highest BCUT2D eigenvalue weighted by Gasteiger charge is 2.25. The minimum absolute atomic E-state index is 0.156. The molecule has 0 radical (unpaired) electrons. The van der Waals surface area contributed by atoms with Gasteiger partial charge in [-0.3, -0.25) is 9.48 Å². The molecule has 1 heterocycles. The van der Waals surface area contributed by atoms with Crippen molar-refractivity contribution in [2.75, 3.05) is 0 Å². The second-order valence-electron chi connectivity index (χ2n) is 4.99. The van der Waals surface area contributed by atoms with Crippen LogP contribution in [0.2, 0.25) is 5.02 Å². The molecular formula is C14H21ClN2O. The highest BCUT2D eigenvalue weighted by Crippen LogP contribution is 2.29. The predicted octanol–water partition coefficient (Wildman–Crippen LogP) is 3.42. The molecule has 1 unspecified atom stereocenters. The number of rotatable bonds is 4. The fourth-order valence-electron chi connectivity index (χ4n) is 2.72. The predicted molar refractivity (Wildman–Crippen MR) is 73.0 cm³/mol. The van der Waals surface area contributed by atoms with Crippen molar-refractivity contribution in [3.8, 4) is 0 Å². The number of nitrogens with zero attached hydrogens (tertiary/aromatic N) is 2. The Labute approximate surface area is 114 Å². The number of hydrogen-bond donors (Lipinski definition) is 0. The molecule has 100 valence electrons. The van der Waals surface area contributed by atoms with Gasteiger partial charge in [-0.25, -0.2) is 0 Å². The van der Waals surface area contributed by atoms with E-state index in [9.17, 15) is 4.79 Å². The van der Waals surface area contributed by atoms with E-state index < -0.39 is 0 Å². The third-order valence-corrected chi connectivity index (χ3v) is 4.25. The fourth-order valence-corrected chi connectivity index (χ4v) is 3.06. The summed E-state index contributed by atoms with van der Waals surface area (Å²) >= 11 is 6.38. The number of aromatic nitrogens is 2. The van der Waals surface area contributed by atoms with Crippen molar-refractivity contribution in [2.24, 2.45) is 5.92 Å². The lowest BCUT2D eigenvalue weighted by Crippen LogP contribution is -2.22. The van der Waals surface area contributed by atoms with Crippen LogP contribution in [0.3, 0.4) is 0 Å². The van der Waals surface area contributed by atoms with E-state index in [0.717, 1.165) is 61.5 Å². The van der Waals surface area contributed by atoms with Gasteiger partial charge in [-0.2, -0.15) is 5.10 Å². The first-order valence-corrected chi connectivity index (χ1v) is 7.31. The number of Topliss-reactive ketones (excluding diaryl/α,β-unsaturated/α-hetero) is 1. The molecule has 1 fully saturated rings. The van der Waals surface area contributed by atoms with Crippen LogP contribution < -0.4 is 0 Å². The maximum absolute atomic E-state index is 11.9. The van der Waals surface area contributed by atoms with Gasteiger partial charge < -0.3 is 0 Å². The third-order valence-electron chi connectivity index (χ3n) is 3.81. The Morgan fingerprint density at radius 3 is 2.78 bits per heavy atom. The normalized spacial score (nSPS) is 20.4. The molecule has 0 spiro atoms. The zero-order valence-electron chi connectivity index (χ0n) is 11.2. The number of carbonyl (C=O) groups is 1. The molecule has 0 aromatic carbocycles. The van der Waals surface area contributed by atoms with E-state index >= 15 is 0 Å². The van der Waals surface area contributed by atoms with Crippen molar-refractivity contribution < 1.29 is 4.79 Å². The molecule has 0 N–H and O–H groups in total. The van der Waals surface area contributed by atoms with Gasteiger partial charge in [0.1, 0.15) is 5.78 Å². The van der Waals surface area contributed by atoms with E-state index in [1.807, 2.05) is 4.68 Å². The Balaban J connectivity index is 2.21. The maximum Gasteiger partial charge on any atom is 0.136 e. The summed E-state index contributed by atoms with van der Waals surface area (Å²) in [6.45, 7) is 4.94. The van der Waals surface area contributed by atoms with Crippen molar-refractivity contribution in [1.29, 1.82) is 0 Å². The summed E-state index contributed by atoms with van der Waals surface area (Å²) in [6, 6.07) is 0. The lowest BCUT2D eigenvalue weighted by atomic mass is 9.85. The largest absolute Gasteiger partial charge is 0.299 e. The number of hydrogen-bond acceptors (Lipinski definition) is 2. The van der Waals surface area contributed by atoms with Crippen LogP contribution in [-0.2, 0) is 24.2 Å². The summed E-state index contributed by atoms with van der Waals surface area (Å²) in [5.74, 6) is 0.558. The molecule has 0 aliphatic heterocycles.